The molecule has 9 nitrogen and oxygen atoms in total. The zero-order valence-corrected chi connectivity index (χ0v) is 19.1. The SMILES string of the molecule is COC(=O)C1=C(CN2CCO[C@H](C)[C@H]2C(=O)O)NC(c2nccs2)=NC1c1ccc(F)c(F)c1. The minimum atomic E-state index is -1.08. The number of amidine groups is 1. The number of hydrogen-bond donors (Lipinski definition) is 2. The lowest BCUT2D eigenvalue weighted by molar-refractivity contribution is -0.155. The van der Waals surface area contributed by atoms with Gasteiger partial charge in [0.05, 0.1) is 25.4 Å². The van der Waals surface area contributed by atoms with Gasteiger partial charge < -0.3 is 19.9 Å². The number of halogens is 2. The summed E-state index contributed by atoms with van der Waals surface area (Å²) in [5.74, 6) is -3.58. The predicted molar refractivity (Wildman–Crippen MR) is 118 cm³/mol. The fourth-order valence-corrected chi connectivity index (χ4v) is 4.65. The molecule has 1 aromatic heterocycles. The van der Waals surface area contributed by atoms with Gasteiger partial charge in [0.2, 0.25) is 0 Å². The van der Waals surface area contributed by atoms with Crippen LogP contribution in [0.4, 0.5) is 8.78 Å². The quantitative estimate of drug-likeness (QED) is 0.590. The number of nitrogens with zero attached hydrogens (tertiary/aromatic N) is 3. The summed E-state index contributed by atoms with van der Waals surface area (Å²) in [5.41, 5.74) is 0.636. The van der Waals surface area contributed by atoms with Crippen molar-refractivity contribution in [1.29, 1.82) is 0 Å². The topological polar surface area (TPSA) is 113 Å². The molecule has 4 rings (SSSR count). The monoisotopic (exact) mass is 492 g/mol. The van der Waals surface area contributed by atoms with Crippen LogP contribution in [-0.4, -0.2) is 71.7 Å². The molecule has 12 heteroatoms. The van der Waals surface area contributed by atoms with Gasteiger partial charge in [0.1, 0.15) is 12.1 Å². The number of carbonyl (C=O) groups is 2. The smallest absolute Gasteiger partial charge is 0.338 e. The molecule has 1 fully saturated rings. The zero-order chi connectivity index (χ0) is 24.4. The third-order valence-corrected chi connectivity index (χ3v) is 6.42. The summed E-state index contributed by atoms with van der Waals surface area (Å²) < 4.78 is 38.2. The third-order valence-electron chi connectivity index (χ3n) is 5.64. The second-order valence-corrected chi connectivity index (χ2v) is 8.62. The summed E-state index contributed by atoms with van der Waals surface area (Å²) in [5, 5.41) is 15.1. The normalized spacial score (nSPS) is 23.3. The molecule has 2 N–H and O–H groups in total. The van der Waals surface area contributed by atoms with Gasteiger partial charge in [0.25, 0.3) is 0 Å². The van der Waals surface area contributed by atoms with Crippen molar-refractivity contribution in [2.75, 3.05) is 26.8 Å². The maximum Gasteiger partial charge on any atom is 0.338 e. The first-order valence-corrected chi connectivity index (χ1v) is 11.3. The Kier molecular flexibility index (Phi) is 7.00. The van der Waals surface area contributed by atoms with Gasteiger partial charge in [-0.3, -0.25) is 14.7 Å². The highest BCUT2D eigenvalue weighted by atomic mass is 32.1. The average molecular weight is 493 g/mol. The van der Waals surface area contributed by atoms with Gasteiger partial charge in [-0.1, -0.05) is 6.07 Å². The van der Waals surface area contributed by atoms with Gasteiger partial charge in [-0.15, -0.1) is 11.3 Å². The number of aliphatic imine (C=N–C) groups is 1. The number of nitrogens with one attached hydrogen (secondary N) is 1. The van der Waals surface area contributed by atoms with Crippen molar-refractivity contribution in [1.82, 2.24) is 15.2 Å². The molecule has 2 aliphatic rings. The second-order valence-electron chi connectivity index (χ2n) is 7.73. The number of carbonyl (C=O) groups excluding carboxylic acids is 1. The van der Waals surface area contributed by atoms with E-state index in [1.54, 1.807) is 23.4 Å². The molecule has 3 atom stereocenters. The molecule has 180 valence electrons. The Hall–Kier alpha value is -3.22. The Morgan fingerprint density at radius 3 is 2.79 bits per heavy atom. The standard InChI is InChI=1S/C22H22F2N4O5S/c1-11-18(21(29)30)28(6-7-33-11)10-15-16(22(31)32-2)17(12-3-4-13(23)14(24)9-12)27-19(26-15)20-25-5-8-34-20/h3-5,8-9,11,17-18H,6-7,10H2,1-2H3,(H,26,27)(H,29,30)/t11-,17?,18+/m1/s1. The van der Waals surface area contributed by atoms with E-state index in [0.29, 0.717) is 29.7 Å². The first kappa shape index (κ1) is 23.9. The molecule has 2 aromatic rings. The average Bonchev–Trinajstić information content (AvgIpc) is 3.35. The largest absolute Gasteiger partial charge is 0.480 e. The highest BCUT2D eigenvalue weighted by Gasteiger charge is 2.39. The molecule has 34 heavy (non-hydrogen) atoms. The number of hydrogen-bond acceptors (Lipinski definition) is 9. The van der Waals surface area contributed by atoms with Crippen molar-refractivity contribution in [3.05, 3.63) is 63.3 Å². The number of thiazole rings is 1. The Labute approximate surface area is 197 Å². The molecule has 0 aliphatic carbocycles. The van der Waals surface area contributed by atoms with Crippen LogP contribution in [0.1, 0.15) is 23.5 Å². The minimum absolute atomic E-state index is 0.0275. The Bertz CT molecular complexity index is 1150. The van der Waals surface area contributed by atoms with Crippen LogP contribution in [0.3, 0.4) is 0 Å². The van der Waals surface area contributed by atoms with E-state index < -0.39 is 41.8 Å². The van der Waals surface area contributed by atoms with Gasteiger partial charge in [-0.25, -0.2) is 18.6 Å². The van der Waals surface area contributed by atoms with Crippen molar-refractivity contribution in [2.24, 2.45) is 4.99 Å². The summed E-state index contributed by atoms with van der Waals surface area (Å²) in [6.07, 6.45) is 1.01. The first-order valence-electron chi connectivity index (χ1n) is 10.4. The summed E-state index contributed by atoms with van der Waals surface area (Å²) in [7, 11) is 1.20. The molecule has 0 saturated carbocycles. The molecule has 0 amide bonds. The maximum absolute atomic E-state index is 14.1. The van der Waals surface area contributed by atoms with Gasteiger partial charge >= 0.3 is 11.9 Å². The molecule has 1 saturated heterocycles. The van der Waals surface area contributed by atoms with Crippen LogP contribution in [0, 0.1) is 11.6 Å². The van der Waals surface area contributed by atoms with Gasteiger partial charge in [0.15, 0.2) is 22.5 Å². The lowest BCUT2D eigenvalue weighted by Crippen LogP contribution is -2.56. The Morgan fingerprint density at radius 1 is 1.35 bits per heavy atom. The summed E-state index contributed by atoms with van der Waals surface area (Å²) in [6, 6.07) is 1.30. The van der Waals surface area contributed by atoms with Gasteiger partial charge in [0, 0.05) is 30.4 Å². The fourth-order valence-electron chi connectivity index (χ4n) is 4.06. The lowest BCUT2D eigenvalue weighted by Gasteiger charge is -2.38. The predicted octanol–water partition coefficient (Wildman–Crippen LogP) is 2.11. The van der Waals surface area contributed by atoms with Crippen LogP contribution in [0.2, 0.25) is 0 Å². The third kappa shape index (κ3) is 4.69. The number of methoxy groups -OCH3 is 1. The number of ether oxygens (including phenoxy) is 2. The molecule has 0 bridgehead atoms. The summed E-state index contributed by atoms with van der Waals surface area (Å²) in [6.45, 7) is 2.31. The Morgan fingerprint density at radius 2 is 2.15 bits per heavy atom. The molecule has 1 aromatic carbocycles. The molecule has 0 radical (unpaired) electrons. The molecule has 0 spiro atoms. The van der Waals surface area contributed by atoms with Crippen LogP contribution in [0.5, 0.6) is 0 Å². The van der Waals surface area contributed by atoms with E-state index in [1.165, 1.54) is 24.5 Å². The van der Waals surface area contributed by atoms with Crippen LogP contribution in [0.25, 0.3) is 0 Å². The Balaban J connectivity index is 1.82. The van der Waals surface area contributed by atoms with E-state index >= 15 is 0 Å². The highest BCUT2D eigenvalue weighted by molar-refractivity contribution is 7.11. The van der Waals surface area contributed by atoms with Gasteiger partial charge in [-0.2, -0.15) is 0 Å². The zero-order valence-electron chi connectivity index (χ0n) is 18.3. The lowest BCUT2D eigenvalue weighted by atomic mass is 9.94. The van der Waals surface area contributed by atoms with E-state index in [1.807, 2.05) is 0 Å². The molecule has 3 heterocycles. The number of carboxylic acid groups (broad SMARTS) is 1. The van der Waals surface area contributed by atoms with Crippen LogP contribution in [0.15, 0.2) is 46.0 Å². The summed E-state index contributed by atoms with van der Waals surface area (Å²) >= 11 is 1.30. The number of aliphatic carboxylic acids is 1. The maximum atomic E-state index is 14.1. The van der Waals surface area contributed by atoms with E-state index in [-0.39, 0.29) is 17.7 Å². The number of carboxylic acids is 1. The fraction of sp³-hybridized carbons (Fsp3) is 0.364. The summed E-state index contributed by atoms with van der Waals surface area (Å²) in [4.78, 5) is 35.3. The number of benzene rings is 1. The van der Waals surface area contributed by atoms with Crippen molar-refractivity contribution >= 4 is 29.1 Å². The van der Waals surface area contributed by atoms with Crippen LogP contribution >= 0.6 is 11.3 Å². The van der Waals surface area contributed by atoms with Crippen molar-refractivity contribution in [3.8, 4) is 0 Å². The van der Waals surface area contributed by atoms with E-state index in [9.17, 15) is 23.5 Å². The molecular weight excluding hydrogens is 470 g/mol. The number of aromatic nitrogens is 1. The minimum Gasteiger partial charge on any atom is -0.480 e. The van der Waals surface area contributed by atoms with Crippen LogP contribution < -0.4 is 5.32 Å². The van der Waals surface area contributed by atoms with E-state index in [2.05, 4.69) is 15.3 Å². The number of rotatable bonds is 6. The van der Waals surface area contributed by atoms with Crippen molar-refractivity contribution in [2.45, 2.75) is 25.1 Å². The van der Waals surface area contributed by atoms with E-state index in [0.717, 1.165) is 12.1 Å². The number of morpholine rings is 1. The van der Waals surface area contributed by atoms with Crippen LogP contribution in [-0.2, 0) is 19.1 Å². The molecule has 2 aliphatic heterocycles. The van der Waals surface area contributed by atoms with Gasteiger partial charge in [-0.05, 0) is 24.6 Å². The highest BCUT2D eigenvalue weighted by Crippen LogP contribution is 2.34. The molecule has 1 unspecified atom stereocenters. The van der Waals surface area contributed by atoms with E-state index in [4.69, 9.17) is 9.47 Å². The molecular formula is C22H22F2N4O5S. The van der Waals surface area contributed by atoms with Crippen molar-refractivity contribution in [3.63, 3.8) is 0 Å². The second kappa shape index (κ2) is 9.95. The number of esters is 1. The first-order chi connectivity index (χ1) is 16.3. The van der Waals surface area contributed by atoms with Crippen molar-refractivity contribution < 1.29 is 33.0 Å².